The smallest absolute Gasteiger partial charge is 0.278 e. The lowest BCUT2D eigenvalue weighted by molar-refractivity contribution is 0.101. The van der Waals surface area contributed by atoms with Crippen molar-refractivity contribution in [2.45, 2.75) is 58.4 Å². The van der Waals surface area contributed by atoms with Gasteiger partial charge in [0.15, 0.2) is 5.69 Å². The van der Waals surface area contributed by atoms with Crippen LogP contribution in [0.4, 0.5) is 5.69 Å². The maximum atomic E-state index is 12.7. The standard InChI is InChI=1S/C22H26N4O2/c1-14(2)17-9-7-16(8-10-17)12-26-13-18(11-23-26)24-22(27)20-19-6-4-5-15(3)21(19)28-25-20/h7-11,13-15H,4-6,12H2,1-3H3,(H,24,27). The number of fused-ring (bicyclic) bond motifs is 1. The molecule has 4 rings (SSSR count). The highest BCUT2D eigenvalue weighted by Gasteiger charge is 2.28. The lowest BCUT2D eigenvalue weighted by atomic mass is 9.88. The first kappa shape index (κ1) is 18.5. The predicted molar refractivity (Wildman–Crippen MR) is 108 cm³/mol. The molecule has 2 aromatic heterocycles. The van der Waals surface area contributed by atoms with Gasteiger partial charge in [-0.1, -0.05) is 50.2 Å². The molecule has 1 amide bonds. The molecule has 6 heteroatoms. The molecular weight excluding hydrogens is 352 g/mol. The molecule has 0 fully saturated rings. The van der Waals surface area contributed by atoms with E-state index in [0.29, 0.717) is 29.8 Å². The first-order valence-electron chi connectivity index (χ1n) is 9.92. The molecule has 0 radical (unpaired) electrons. The number of carbonyl (C=O) groups excluding carboxylic acids is 1. The van der Waals surface area contributed by atoms with Crippen LogP contribution in [0.5, 0.6) is 0 Å². The van der Waals surface area contributed by atoms with Crippen LogP contribution >= 0.6 is 0 Å². The van der Waals surface area contributed by atoms with Crippen LogP contribution in [0.15, 0.2) is 41.2 Å². The van der Waals surface area contributed by atoms with Gasteiger partial charge in [0.05, 0.1) is 18.4 Å². The van der Waals surface area contributed by atoms with Crippen LogP contribution < -0.4 is 5.32 Å². The number of nitrogens with one attached hydrogen (secondary N) is 1. The van der Waals surface area contributed by atoms with Gasteiger partial charge in [0.2, 0.25) is 0 Å². The predicted octanol–water partition coefficient (Wildman–Crippen LogP) is 4.73. The first-order chi connectivity index (χ1) is 13.5. The van der Waals surface area contributed by atoms with E-state index in [4.69, 9.17) is 4.52 Å². The topological polar surface area (TPSA) is 73.0 Å². The Balaban J connectivity index is 1.43. The highest BCUT2D eigenvalue weighted by molar-refractivity contribution is 6.03. The Kier molecular flexibility index (Phi) is 5.03. The fraction of sp³-hybridized carbons (Fsp3) is 0.409. The van der Waals surface area contributed by atoms with Crippen LogP contribution in [0.1, 0.15) is 78.4 Å². The first-order valence-corrected chi connectivity index (χ1v) is 9.92. The van der Waals surface area contributed by atoms with Crippen LogP contribution in [0.2, 0.25) is 0 Å². The molecule has 28 heavy (non-hydrogen) atoms. The summed E-state index contributed by atoms with van der Waals surface area (Å²) in [5, 5.41) is 11.3. The van der Waals surface area contributed by atoms with Gasteiger partial charge in [-0.15, -0.1) is 0 Å². The van der Waals surface area contributed by atoms with E-state index in [2.05, 4.69) is 60.6 Å². The van der Waals surface area contributed by atoms with Crippen molar-refractivity contribution < 1.29 is 9.32 Å². The Morgan fingerprint density at radius 1 is 1.32 bits per heavy atom. The van der Waals surface area contributed by atoms with E-state index in [9.17, 15) is 4.79 Å². The maximum Gasteiger partial charge on any atom is 0.278 e. The van der Waals surface area contributed by atoms with E-state index >= 15 is 0 Å². The largest absolute Gasteiger partial charge is 0.360 e. The molecule has 0 bridgehead atoms. The minimum atomic E-state index is -0.236. The van der Waals surface area contributed by atoms with Gasteiger partial charge in [-0.2, -0.15) is 5.10 Å². The van der Waals surface area contributed by atoms with Gasteiger partial charge >= 0.3 is 0 Å². The monoisotopic (exact) mass is 378 g/mol. The number of benzene rings is 1. The van der Waals surface area contributed by atoms with Crippen LogP contribution in [0, 0.1) is 0 Å². The molecule has 146 valence electrons. The van der Waals surface area contributed by atoms with E-state index in [-0.39, 0.29) is 5.91 Å². The summed E-state index contributed by atoms with van der Waals surface area (Å²) in [5.41, 5.74) is 4.50. The van der Waals surface area contributed by atoms with Crippen molar-refractivity contribution >= 4 is 11.6 Å². The van der Waals surface area contributed by atoms with Gasteiger partial charge in [-0.05, 0) is 36.3 Å². The highest BCUT2D eigenvalue weighted by atomic mass is 16.5. The van der Waals surface area contributed by atoms with Crippen molar-refractivity contribution in [3.63, 3.8) is 0 Å². The van der Waals surface area contributed by atoms with Crippen molar-refractivity contribution in [3.8, 4) is 0 Å². The van der Waals surface area contributed by atoms with Crippen molar-refractivity contribution in [3.05, 3.63) is 64.8 Å². The van der Waals surface area contributed by atoms with E-state index in [0.717, 1.165) is 30.6 Å². The van der Waals surface area contributed by atoms with E-state index in [1.54, 1.807) is 6.20 Å². The van der Waals surface area contributed by atoms with E-state index in [1.165, 1.54) is 11.1 Å². The summed E-state index contributed by atoms with van der Waals surface area (Å²) in [5.74, 6) is 1.46. The summed E-state index contributed by atoms with van der Waals surface area (Å²) in [6.07, 6.45) is 6.48. The summed E-state index contributed by atoms with van der Waals surface area (Å²) in [6, 6.07) is 8.55. The quantitative estimate of drug-likeness (QED) is 0.696. The molecule has 1 unspecified atom stereocenters. The molecule has 3 aromatic rings. The second-order valence-electron chi connectivity index (χ2n) is 7.94. The Bertz CT molecular complexity index is 969. The van der Waals surface area contributed by atoms with Crippen molar-refractivity contribution in [1.82, 2.24) is 14.9 Å². The average Bonchev–Trinajstić information content (AvgIpc) is 3.30. The van der Waals surface area contributed by atoms with Crippen LogP contribution in [0.25, 0.3) is 0 Å². The molecule has 0 saturated carbocycles. The van der Waals surface area contributed by atoms with Gasteiger partial charge in [-0.25, -0.2) is 0 Å². The molecule has 0 spiro atoms. The molecule has 1 aliphatic rings. The van der Waals surface area contributed by atoms with E-state index in [1.807, 2.05) is 10.9 Å². The average molecular weight is 378 g/mol. The molecule has 1 aromatic carbocycles. The Morgan fingerprint density at radius 2 is 2.11 bits per heavy atom. The van der Waals surface area contributed by atoms with E-state index < -0.39 is 0 Å². The third-order valence-corrected chi connectivity index (χ3v) is 5.43. The maximum absolute atomic E-state index is 12.7. The SMILES string of the molecule is CC(C)c1ccc(Cn2cc(NC(=O)c3noc4c3CCCC4C)cn2)cc1. The van der Waals surface area contributed by atoms with Crippen LogP contribution in [0.3, 0.4) is 0 Å². The third kappa shape index (κ3) is 3.72. The lowest BCUT2D eigenvalue weighted by Crippen LogP contribution is -2.16. The second kappa shape index (κ2) is 7.62. The Labute approximate surface area is 164 Å². The van der Waals surface area contributed by atoms with Crippen LogP contribution in [-0.4, -0.2) is 20.8 Å². The zero-order valence-electron chi connectivity index (χ0n) is 16.6. The second-order valence-corrected chi connectivity index (χ2v) is 7.94. The summed E-state index contributed by atoms with van der Waals surface area (Å²) in [6.45, 7) is 7.14. The number of carbonyl (C=O) groups is 1. The third-order valence-electron chi connectivity index (χ3n) is 5.43. The zero-order chi connectivity index (χ0) is 19.7. The van der Waals surface area contributed by atoms with Gasteiger partial charge in [0.1, 0.15) is 5.76 Å². The summed E-state index contributed by atoms with van der Waals surface area (Å²) in [7, 11) is 0. The summed E-state index contributed by atoms with van der Waals surface area (Å²) in [4.78, 5) is 12.7. The Morgan fingerprint density at radius 3 is 2.86 bits per heavy atom. The van der Waals surface area contributed by atoms with Gasteiger partial charge < -0.3 is 9.84 Å². The fourth-order valence-electron chi connectivity index (χ4n) is 3.75. The van der Waals surface area contributed by atoms with Crippen LogP contribution in [-0.2, 0) is 13.0 Å². The molecule has 0 saturated heterocycles. The number of amides is 1. The van der Waals surface area contributed by atoms with Gasteiger partial charge in [-0.3, -0.25) is 9.48 Å². The lowest BCUT2D eigenvalue weighted by Gasteiger charge is -2.15. The van der Waals surface area contributed by atoms with Crippen molar-refractivity contribution in [2.75, 3.05) is 5.32 Å². The van der Waals surface area contributed by atoms with Crippen molar-refractivity contribution in [2.24, 2.45) is 0 Å². The molecule has 1 aliphatic carbocycles. The number of nitrogens with zero attached hydrogens (tertiary/aromatic N) is 3. The normalized spacial score (nSPS) is 16.2. The summed E-state index contributed by atoms with van der Waals surface area (Å²) >= 11 is 0. The van der Waals surface area contributed by atoms with Crippen molar-refractivity contribution in [1.29, 1.82) is 0 Å². The number of hydrogen-bond acceptors (Lipinski definition) is 4. The molecular formula is C22H26N4O2. The van der Waals surface area contributed by atoms with Gasteiger partial charge in [0.25, 0.3) is 5.91 Å². The highest BCUT2D eigenvalue weighted by Crippen LogP contribution is 2.33. The number of hydrogen-bond donors (Lipinski definition) is 1. The zero-order valence-corrected chi connectivity index (χ0v) is 16.6. The molecule has 1 atom stereocenters. The minimum Gasteiger partial charge on any atom is -0.360 e. The molecule has 0 aliphatic heterocycles. The Hall–Kier alpha value is -2.89. The summed E-state index contributed by atoms with van der Waals surface area (Å²) < 4.78 is 7.26. The number of rotatable bonds is 5. The molecule has 2 heterocycles. The fourth-order valence-corrected chi connectivity index (χ4v) is 3.75. The number of aromatic nitrogens is 3. The molecule has 6 nitrogen and oxygen atoms in total. The minimum absolute atomic E-state index is 0.236. The molecule has 1 N–H and O–H groups in total. The number of anilines is 1. The van der Waals surface area contributed by atoms with Gasteiger partial charge in [0, 0.05) is 17.7 Å².